The Kier molecular flexibility index (Phi) is 5.80. The molecule has 0 amide bonds. The lowest BCUT2D eigenvalue weighted by atomic mass is 9.90. The lowest BCUT2D eigenvalue weighted by Crippen LogP contribution is -2.39. The van der Waals surface area contributed by atoms with Crippen LogP contribution in [0.2, 0.25) is 5.02 Å². The molecule has 1 atom stereocenters. The number of aliphatic hydroxyl groups is 2. The number of benzene rings is 1. The number of anilines is 1. The van der Waals surface area contributed by atoms with E-state index in [2.05, 4.69) is 15.3 Å². The molecule has 4 rings (SSSR count). The van der Waals surface area contributed by atoms with Crippen LogP contribution in [-0.4, -0.2) is 43.5 Å². The highest BCUT2D eigenvalue weighted by Crippen LogP contribution is 2.26. The number of rotatable bonds is 6. The van der Waals surface area contributed by atoms with Gasteiger partial charge in [-0.25, -0.2) is 14.4 Å². The molecule has 9 heteroatoms. The van der Waals surface area contributed by atoms with Gasteiger partial charge in [0.05, 0.1) is 24.9 Å². The van der Waals surface area contributed by atoms with Gasteiger partial charge in [-0.15, -0.1) is 0 Å². The summed E-state index contributed by atoms with van der Waals surface area (Å²) in [7, 11) is 0. The molecule has 7 nitrogen and oxygen atoms in total. The van der Waals surface area contributed by atoms with Crippen LogP contribution in [0.3, 0.4) is 0 Å². The van der Waals surface area contributed by atoms with Gasteiger partial charge < -0.3 is 20.1 Å². The normalized spacial score (nSPS) is 19.2. The first kappa shape index (κ1) is 20.5. The van der Waals surface area contributed by atoms with Crippen molar-refractivity contribution in [2.75, 3.05) is 11.9 Å². The summed E-state index contributed by atoms with van der Waals surface area (Å²) in [4.78, 5) is 20.9. The van der Waals surface area contributed by atoms with Crippen molar-refractivity contribution >= 4 is 17.5 Å². The second kappa shape index (κ2) is 8.51. The average molecular weight is 431 g/mol. The molecule has 1 aromatic carbocycles. The van der Waals surface area contributed by atoms with Crippen LogP contribution in [0.15, 0.2) is 53.6 Å². The minimum atomic E-state index is -0.653. The topological polar surface area (TPSA) is 100 Å². The van der Waals surface area contributed by atoms with Crippen molar-refractivity contribution < 1.29 is 14.6 Å². The second-order valence-electron chi connectivity index (χ2n) is 7.27. The van der Waals surface area contributed by atoms with Gasteiger partial charge in [-0.05, 0) is 36.6 Å². The number of nitrogens with zero attached hydrogens (tertiary/aromatic N) is 3. The van der Waals surface area contributed by atoms with Crippen LogP contribution < -0.4 is 10.9 Å². The molecule has 0 saturated heterocycles. The predicted molar refractivity (Wildman–Crippen MR) is 111 cm³/mol. The maximum atomic E-state index is 14.4. The van der Waals surface area contributed by atoms with Crippen molar-refractivity contribution in [1.82, 2.24) is 14.5 Å². The molecule has 0 bridgehead atoms. The number of halogens is 2. The van der Waals surface area contributed by atoms with Gasteiger partial charge in [0.25, 0.3) is 5.56 Å². The fourth-order valence-electron chi connectivity index (χ4n) is 3.49. The van der Waals surface area contributed by atoms with Gasteiger partial charge in [0.15, 0.2) is 5.82 Å². The first-order valence-corrected chi connectivity index (χ1v) is 9.88. The van der Waals surface area contributed by atoms with Crippen LogP contribution in [0.5, 0.6) is 0 Å². The van der Waals surface area contributed by atoms with Crippen molar-refractivity contribution in [2.24, 2.45) is 0 Å². The van der Waals surface area contributed by atoms with Crippen LogP contribution in [0.1, 0.15) is 24.4 Å². The number of hydrogen-bond donors (Lipinski definition) is 3. The third-order valence-corrected chi connectivity index (χ3v) is 5.39. The highest BCUT2D eigenvalue weighted by molar-refractivity contribution is 6.30. The Balaban J connectivity index is 1.63. The Morgan fingerprint density at radius 2 is 2.10 bits per heavy atom. The van der Waals surface area contributed by atoms with Gasteiger partial charge in [0.1, 0.15) is 5.69 Å². The Morgan fingerprint density at radius 3 is 2.77 bits per heavy atom. The molecule has 3 aromatic rings. The van der Waals surface area contributed by atoms with E-state index in [1.54, 1.807) is 30.3 Å². The van der Waals surface area contributed by atoms with E-state index in [4.69, 9.17) is 11.6 Å². The lowest BCUT2D eigenvalue weighted by molar-refractivity contribution is 0.0834. The molecule has 0 aliphatic heterocycles. The smallest absolute Gasteiger partial charge is 0.251 e. The first-order valence-electron chi connectivity index (χ1n) is 9.50. The largest absolute Gasteiger partial charge is 0.394 e. The quantitative estimate of drug-likeness (QED) is 0.556. The Bertz CT molecular complexity index is 1120. The van der Waals surface area contributed by atoms with E-state index in [0.29, 0.717) is 29.0 Å². The summed E-state index contributed by atoms with van der Waals surface area (Å²) in [5, 5.41) is 22.8. The fraction of sp³-hybridized carbons (Fsp3) is 0.286. The maximum Gasteiger partial charge on any atom is 0.251 e. The molecule has 1 aliphatic rings. The van der Waals surface area contributed by atoms with E-state index in [0.717, 1.165) is 6.20 Å². The van der Waals surface area contributed by atoms with Crippen LogP contribution >= 0.6 is 11.6 Å². The SMILES string of the molecule is O=c1cc(-c2nc(NC3CC(O)C3)ncc2F)ccn1[C@H](CO)c1cccc(Cl)c1. The van der Waals surface area contributed by atoms with Crippen molar-refractivity contribution in [2.45, 2.75) is 31.0 Å². The molecule has 1 fully saturated rings. The average Bonchev–Trinajstić information content (AvgIpc) is 2.70. The van der Waals surface area contributed by atoms with Gasteiger partial charge in [0.2, 0.25) is 5.95 Å². The summed E-state index contributed by atoms with van der Waals surface area (Å²) in [5.41, 5.74) is 0.568. The lowest BCUT2D eigenvalue weighted by Gasteiger charge is -2.31. The second-order valence-corrected chi connectivity index (χ2v) is 7.71. The molecule has 2 aromatic heterocycles. The molecular weight excluding hydrogens is 411 g/mol. The summed E-state index contributed by atoms with van der Waals surface area (Å²) >= 11 is 6.02. The maximum absolute atomic E-state index is 14.4. The van der Waals surface area contributed by atoms with Crippen molar-refractivity contribution in [3.8, 4) is 11.3 Å². The zero-order valence-corrected chi connectivity index (χ0v) is 16.6. The minimum absolute atomic E-state index is 0.0000686. The van der Waals surface area contributed by atoms with Crippen LogP contribution in [0.4, 0.5) is 10.3 Å². The molecule has 0 unspecified atom stereocenters. The zero-order valence-electron chi connectivity index (χ0n) is 15.9. The van der Waals surface area contributed by atoms with Gasteiger partial charge >= 0.3 is 0 Å². The number of aliphatic hydroxyl groups excluding tert-OH is 2. The number of hydrogen-bond acceptors (Lipinski definition) is 6. The highest BCUT2D eigenvalue weighted by Gasteiger charge is 2.27. The molecule has 0 spiro atoms. The highest BCUT2D eigenvalue weighted by atomic mass is 35.5. The molecule has 2 heterocycles. The zero-order chi connectivity index (χ0) is 21.3. The predicted octanol–water partition coefficient (Wildman–Crippen LogP) is 2.61. The van der Waals surface area contributed by atoms with Crippen LogP contribution in [0.25, 0.3) is 11.3 Å². The molecule has 30 heavy (non-hydrogen) atoms. The van der Waals surface area contributed by atoms with E-state index >= 15 is 0 Å². The third kappa shape index (κ3) is 4.21. The van der Waals surface area contributed by atoms with Crippen LogP contribution in [-0.2, 0) is 0 Å². The summed E-state index contributed by atoms with van der Waals surface area (Å²) in [6.07, 6.45) is 3.37. The molecule has 3 N–H and O–H groups in total. The molecule has 156 valence electrons. The van der Waals surface area contributed by atoms with E-state index in [1.165, 1.54) is 16.8 Å². The number of aromatic nitrogens is 3. The Hall–Kier alpha value is -2.81. The van der Waals surface area contributed by atoms with E-state index < -0.39 is 17.4 Å². The third-order valence-electron chi connectivity index (χ3n) is 5.15. The summed E-state index contributed by atoms with van der Waals surface area (Å²) < 4.78 is 15.7. The van der Waals surface area contributed by atoms with Gasteiger partial charge in [-0.2, -0.15) is 0 Å². The Morgan fingerprint density at radius 1 is 1.30 bits per heavy atom. The number of pyridine rings is 1. The monoisotopic (exact) mass is 430 g/mol. The fourth-order valence-corrected chi connectivity index (χ4v) is 3.69. The molecule has 0 radical (unpaired) electrons. The molecule has 1 aliphatic carbocycles. The summed E-state index contributed by atoms with van der Waals surface area (Å²) in [6, 6.07) is 9.16. The molecule has 1 saturated carbocycles. The van der Waals surface area contributed by atoms with Gasteiger partial charge in [0, 0.05) is 28.9 Å². The minimum Gasteiger partial charge on any atom is -0.394 e. The van der Waals surface area contributed by atoms with Crippen LogP contribution in [0, 0.1) is 5.82 Å². The van der Waals surface area contributed by atoms with Gasteiger partial charge in [-0.3, -0.25) is 4.79 Å². The van der Waals surface area contributed by atoms with E-state index in [1.807, 2.05) is 0 Å². The van der Waals surface area contributed by atoms with Crippen molar-refractivity contribution in [3.05, 3.63) is 75.5 Å². The summed E-state index contributed by atoms with van der Waals surface area (Å²) in [6.45, 7) is -0.303. The number of nitrogens with one attached hydrogen (secondary N) is 1. The van der Waals surface area contributed by atoms with Gasteiger partial charge in [-0.1, -0.05) is 23.7 Å². The first-order chi connectivity index (χ1) is 14.4. The van der Waals surface area contributed by atoms with Crippen molar-refractivity contribution in [1.29, 1.82) is 0 Å². The summed E-state index contributed by atoms with van der Waals surface area (Å²) in [5.74, 6) is -0.417. The van der Waals surface area contributed by atoms with E-state index in [-0.39, 0.29) is 30.4 Å². The molecular formula is C21H20ClFN4O3. The van der Waals surface area contributed by atoms with E-state index in [9.17, 15) is 19.4 Å². The Labute approximate surface area is 176 Å². The van der Waals surface area contributed by atoms with Crippen molar-refractivity contribution in [3.63, 3.8) is 0 Å². The standard InChI is InChI=1S/C21H20ClFN4O3/c22-14-3-1-2-12(6-14)18(11-28)27-5-4-13(7-19(27)30)20-17(23)10-24-21(26-20)25-15-8-16(29)9-15/h1-7,10,15-16,18,28-29H,8-9,11H2,(H,24,25,26)/t15?,16?,18-/m1/s1.